The molecule has 0 spiro atoms. The second-order valence-corrected chi connectivity index (χ2v) is 3.96. The minimum atomic E-state index is 0.668. The molecule has 18 heavy (non-hydrogen) atoms. The molecule has 0 unspecified atom stereocenters. The summed E-state index contributed by atoms with van der Waals surface area (Å²) in [5.74, 6) is 1.43. The van der Waals surface area contributed by atoms with Crippen molar-refractivity contribution in [1.82, 2.24) is 4.98 Å². The van der Waals surface area contributed by atoms with Crippen molar-refractivity contribution in [2.24, 2.45) is 0 Å². The zero-order valence-corrected chi connectivity index (χ0v) is 10.7. The Morgan fingerprint density at radius 2 is 1.89 bits per heavy atom. The van der Waals surface area contributed by atoms with Crippen LogP contribution in [0.4, 0.5) is 5.69 Å². The van der Waals surface area contributed by atoms with E-state index in [0.29, 0.717) is 11.4 Å². The summed E-state index contributed by atoms with van der Waals surface area (Å²) in [5, 5.41) is 0. The van der Waals surface area contributed by atoms with Crippen LogP contribution in [0.2, 0.25) is 0 Å². The number of nitrogens with two attached hydrogens (primary N) is 1. The molecule has 0 bridgehead atoms. The first-order valence-electron chi connectivity index (χ1n) is 5.61. The maximum absolute atomic E-state index is 6.06. The van der Waals surface area contributed by atoms with E-state index < -0.39 is 0 Å². The zero-order chi connectivity index (χ0) is 13.1. The summed E-state index contributed by atoms with van der Waals surface area (Å²) < 4.78 is 10.5. The van der Waals surface area contributed by atoms with Crippen molar-refractivity contribution in [2.75, 3.05) is 20.0 Å². The van der Waals surface area contributed by atoms with Gasteiger partial charge in [-0.2, -0.15) is 0 Å². The summed E-state index contributed by atoms with van der Waals surface area (Å²) in [6.45, 7) is 1.95. The van der Waals surface area contributed by atoms with Crippen molar-refractivity contribution in [3.8, 4) is 22.8 Å². The zero-order valence-electron chi connectivity index (χ0n) is 10.7. The molecule has 0 saturated carbocycles. The lowest BCUT2D eigenvalue weighted by Crippen LogP contribution is -1.98. The quantitative estimate of drug-likeness (QED) is 0.901. The number of hydrogen-bond donors (Lipinski definition) is 1. The predicted molar refractivity (Wildman–Crippen MR) is 71.9 cm³/mol. The average Bonchev–Trinajstić information content (AvgIpc) is 2.41. The Morgan fingerprint density at radius 3 is 2.56 bits per heavy atom. The molecule has 0 fully saturated rings. The van der Waals surface area contributed by atoms with Gasteiger partial charge in [0.15, 0.2) is 0 Å². The molecule has 1 aromatic carbocycles. The van der Waals surface area contributed by atoms with Gasteiger partial charge in [0.2, 0.25) is 0 Å². The third-order valence-electron chi connectivity index (χ3n) is 2.87. The van der Waals surface area contributed by atoms with Gasteiger partial charge in [-0.05, 0) is 30.7 Å². The fraction of sp³-hybridized carbons (Fsp3) is 0.214. The first-order valence-corrected chi connectivity index (χ1v) is 5.61. The van der Waals surface area contributed by atoms with Crippen molar-refractivity contribution in [1.29, 1.82) is 0 Å². The molecule has 0 saturated heterocycles. The lowest BCUT2D eigenvalue weighted by molar-refractivity contribution is 0.395. The largest absolute Gasteiger partial charge is 0.497 e. The molecule has 0 aliphatic rings. The van der Waals surface area contributed by atoms with Crippen LogP contribution in [0.15, 0.2) is 30.5 Å². The SMILES string of the molecule is COc1ccc(-c2nccc(C)c2N)c(OC)c1. The lowest BCUT2D eigenvalue weighted by atomic mass is 10.1. The van der Waals surface area contributed by atoms with E-state index in [0.717, 1.165) is 22.6 Å². The Labute approximate surface area is 106 Å². The van der Waals surface area contributed by atoms with Crippen molar-refractivity contribution in [3.63, 3.8) is 0 Å². The van der Waals surface area contributed by atoms with E-state index in [9.17, 15) is 0 Å². The number of rotatable bonds is 3. The molecule has 4 nitrogen and oxygen atoms in total. The highest BCUT2D eigenvalue weighted by atomic mass is 16.5. The lowest BCUT2D eigenvalue weighted by Gasteiger charge is -2.12. The molecule has 0 atom stereocenters. The summed E-state index contributed by atoms with van der Waals surface area (Å²) in [6, 6.07) is 7.46. The fourth-order valence-electron chi connectivity index (χ4n) is 1.78. The van der Waals surface area contributed by atoms with Crippen LogP contribution in [0.1, 0.15) is 5.56 Å². The van der Waals surface area contributed by atoms with Gasteiger partial charge >= 0.3 is 0 Å². The third-order valence-corrected chi connectivity index (χ3v) is 2.87. The number of aryl methyl sites for hydroxylation is 1. The van der Waals surface area contributed by atoms with Crippen LogP contribution in [-0.2, 0) is 0 Å². The molecule has 4 heteroatoms. The minimum Gasteiger partial charge on any atom is -0.497 e. The fourth-order valence-corrected chi connectivity index (χ4v) is 1.78. The summed E-state index contributed by atoms with van der Waals surface area (Å²) in [4.78, 5) is 4.33. The number of anilines is 1. The van der Waals surface area contributed by atoms with Gasteiger partial charge < -0.3 is 15.2 Å². The average molecular weight is 244 g/mol. The van der Waals surface area contributed by atoms with E-state index in [1.54, 1.807) is 20.4 Å². The van der Waals surface area contributed by atoms with Crippen LogP contribution in [0.3, 0.4) is 0 Å². The standard InChI is InChI=1S/C14H16N2O2/c1-9-6-7-16-14(13(9)15)11-5-4-10(17-2)8-12(11)18-3/h4-8H,15H2,1-3H3. The van der Waals surface area contributed by atoms with Gasteiger partial charge in [-0.1, -0.05) is 0 Å². The highest BCUT2D eigenvalue weighted by molar-refractivity contribution is 5.79. The molecule has 1 aromatic heterocycles. The van der Waals surface area contributed by atoms with E-state index in [4.69, 9.17) is 15.2 Å². The number of nitrogens with zero attached hydrogens (tertiary/aromatic N) is 1. The molecule has 94 valence electrons. The normalized spacial score (nSPS) is 10.2. The topological polar surface area (TPSA) is 57.4 Å². The van der Waals surface area contributed by atoms with Gasteiger partial charge in [-0.3, -0.25) is 4.98 Å². The smallest absolute Gasteiger partial charge is 0.132 e. The highest BCUT2D eigenvalue weighted by Gasteiger charge is 2.12. The first kappa shape index (κ1) is 12.2. The van der Waals surface area contributed by atoms with Gasteiger partial charge in [0.25, 0.3) is 0 Å². The van der Waals surface area contributed by atoms with Crippen molar-refractivity contribution >= 4 is 5.69 Å². The number of ether oxygens (including phenoxy) is 2. The Kier molecular flexibility index (Phi) is 3.37. The Morgan fingerprint density at radius 1 is 1.11 bits per heavy atom. The van der Waals surface area contributed by atoms with E-state index in [-0.39, 0.29) is 0 Å². The summed E-state index contributed by atoms with van der Waals surface area (Å²) in [7, 11) is 3.23. The monoisotopic (exact) mass is 244 g/mol. The van der Waals surface area contributed by atoms with Crippen LogP contribution in [0, 0.1) is 6.92 Å². The molecule has 0 aliphatic carbocycles. The number of hydrogen-bond acceptors (Lipinski definition) is 4. The number of methoxy groups -OCH3 is 2. The molecule has 0 amide bonds. The molecule has 2 N–H and O–H groups in total. The summed E-state index contributed by atoms with van der Waals surface area (Å²) >= 11 is 0. The van der Waals surface area contributed by atoms with Gasteiger partial charge in [-0.25, -0.2) is 0 Å². The number of pyridine rings is 1. The first-order chi connectivity index (χ1) is 8.67. The molecule has 1 heterocycles. The van der Waals surface area contributed by atoms with E-state index in [1.807, 2.05) is 31.2 Å². The van der Waals surface area contributed by atoms with Gasteiger partial charge in [0.05, 0.1) is 25.6 Å². The van der Waals surface area contributed by atoms with Crippen LogP contribution in [0.25, 0.3) is 11.3 Å². The van der Waals surface area contributed by atoms with Gasteiger partial charge in [0.1, 0.15) is 11.5 Å². The predicted octanol–water partition coefficient (Wildman–Crippen LogP) is 2.66. The van der Waals surface area contributed by atoms with Gasteiger partial charge in [-0.15, -0.1) is 0 Å². The van der Waals surface area contributed by atoms with Crippen molar-refractivity contribution in [3.05, 3.63) is 36.0 Å². The van der Waals surface area contributed by atoms with Gasteiger partial charge in [0, 0.05) is 17.8 Å². The summed E-state index contributed by atoms with van der Waals surface area (Å²) in [6.07, 6.45) is 1.74. The van der Waals surface area contributed by atoms with E-state index in [1.165, 1.54) is 0 Å². The third kappa shape index (κ3) is 2.09. The summed E-state index contributed by atoms with van der Waals surface area (Å²) in [5.41, 5.74) is 9.32. The van der Waals surface area contributed by atoms with Crippen molar-refractivity contribution in [2.45, 2.75) is 6.92 Å². The van der Waals surface area contributed by atoms with Crippen LogP contribution >= 0.6 is 0 Å². The highest BCUT2D eigenvalue weighted by Crippen LogP contribution is 2.35. The second-order valence-electron chi connectivity index (χ2n) is 3.96. The van der Waals surface area contributed by atoms with E-state index >= 15 is 0 Å². The Bertz CT molecular complexity index is 568. The molecular formula is C14H16N2O2. The minimum absolute atomic E-state index is 0.668. The van der Waals surface area contributed by atoms with Crippen LogP contribution in [-0.4, -0.2) is 19.2 Å². The maximum atomic E-state index is 6.06. The second kappa shape index (κ2) is 4.96. The Balaban J connectivity index is 2.60. The maximum Gasteiger partial charge on any atom is 0.132 e. The molecule has 2 rings (SSSR count). The molecule has 0 aliphatic heterocycles. The Hall–Kier alpha value is -2.23. The van der Waals surface area contributed by atoms with Crippen LogP contribution in [0.5, 0.6) is 11.5 Å². The number of aromatic nitrogens is 1. The number of nitrogen functional groups attached to an aromatic ring is 1. The van der Waals surface area contributed by atoms with E-state index in [2.05, 4.69) is 4.98 Å². The van der Waals surface area contributed by atoms with Crippen LogP contribution < -0.4 is 15.2 Å². The molecular weight excluding hydrogens is 228 g/mol. The molecule has 0 radical (unpaired) electrons. The molecule has 2 aromatic rings. The van der Waals surface area contributed by atoms with Crippen molar-refractivity contribution < 1.29 is 9.47 Å². The number of benzene rings is 1.